The highest BCUT2D eigenvalue weighted by molar-refractivity contribution is 5.89. The summed E-state index contributed by atoms with van der Waals surface area (Å²) in [4.78, 5) is 15.7. The molecule has 5 heteroatoms. The maximum atomic E-state index is 11.6. The Balaban J connectivity index is 1.86. The van der Waals surface area contributed by atoms with Gasteiger partial charge in [0.2, 0.25) is 0 Å². The van der Waals surface area contributed by atoms with Gasteiger partial charge in [0.1, 0.15) is 0 Å². The summed E-state index contributed by atoms with van der Waals surface area (Å²) in [6.45, 7) is 0.364. The van der Waals surface area contributed by atoms with Gasteiger partial charge < -0.3 is 10.6 Å². The Morgan fingerprint density at radius 1 is 1.21 bits per heavy atom. The molecule has 0 radical (unpaired) electrons. The highest BCUT2D eigenvalue weighted by atomic mass is 16.2. The minimum absolute atomic E-state index is 0.310. The molecule has 0 unspecified atom stereocenters. The number of rotatable bonds is 3. The number of nitrogens with zero attached hydrogens (tertiary/aromatic N) is 2. The smallest absolute Gasteiger partial charge is 0.319 e. The molecule has 0 aliphatic carbocycles. The lowest BCUT2D eigenvalue weighted by Gasteiger charge is -2.07. The van der Waals surface area contributed by atoms with Gasteiger partial charge in [-0.3, -0.25) is 4.98 Å². The third-order valence-corrected chi connectivity index (χ3v) is 2.43. The molecule has 1 heterocycles. The SMILES string of the molecule is N#Cc1ccc(NC(=O)NCc2ccccn2)cc1. The zero-order valence-corrected chi connectivity index (χ0v) is 10.1. The largest absolute Gasteiger partial charge is 0.332 e. The molecule has 0 atom stereocenters. The van der Waals surface area contributed by atoms with Crippen molar-refractivity contribution >= 4 is 11.7 Å². The Hall–Kier alpha value is -2.87. The fourth-order valence-electron chi connectivity index (χ4n) is 1.48. The Labute approximate surface area is 110 Å². The van der Waals surface area contributed by atoms with Crippen molar-refractivity contribution in [1.82, 2.24) is 10.3 Å². The van der Waals surface area contributed by atoms with E-state index in [0.717, 1.165) is 5.69 Å². The van der Waals surface area contributed by atoms with Crippen LogP contribution >= 0.6 is 0 Å². The standard InChI is InChI=1S/C14H12N4O/c15-9-11-4-6-12(7-5-11)18-14(19)17-10-13-3-1-2-8-16-13/h1-8H,10H2,(H2,17,18,19). The molecular weight excluding hydrogens is 240 g/mol. The van der Waals surface area contributed by atoms with Crippen LogP contribution in [0.2, 0.25) is 0 Å². The summed E-state index contributed by atoms with van der Waals surface area (Å²) in [6, 6.07) is 13.9. The zero-order chi connectivity index (χ0) is 13.5. The van der Waals surface area contributed by atoms with Gasteiger partial charge in [-0.05, 0) is 36.4 Å². The van der Waals surface area contributed by atoms with E-state index < -0.39 is 0 Å². The predicted molar refractivity (Wildman–Crippen MR) is 71.3 cm³/mol. The molecule has 2 N–H and O–H groups in total. The van der Waals surface area contributed by atoms with Crippen LogP contribution in [0.15, 0.2) is 48.7 Å². The number of benzene rings is 1. The lowest BCUT2D eigenvalue weighted by Crippen LogP contribution is -2.28. The molecule has 0 saturated carbocycles. The number of urea groups is 1. The Bertz CT molecular complexity index is 587. The minimum atomic E-state index is -0.310. The van der Waals surface area contributed by atoms with Crippen molar-refractivity contribution in [3.05, 3.63) is 59.9 Å². The summed E-state index contributed by atoms with van der Waals surface area (Å²) >= 11 is 0. The molecule has 0 saturated heterocycles. The average Bonchev–Trinajstić information content (AvgIpc) is 2.47. The molecule has 0 spiro atoms. The molecule has 0 fully saturated rings. The van der Waals surface area contributed by atoms with E-state index in [-0.39, 0.29) is 6.03 Å². The van der Waals surface area contributed by atoms with Gasteiger partial charge in [0.15, 0.2) is 0 Å². The maximum absolute atomic E-state index is 11.6. The van der Waals surface area contributed by atoms with Crippen molar-refractivity contribution in [3.63, 3.8) is 0 Å². The first kappa shape index (κ1) is 12.6. The lowest BCUT2D eigenvalue weighted by atomic mass is 10.2. The summed E-state index contributed by atoms with van der Waals surface area (Å²) in [5.41, 5.74) is 1.98. The van der Waals surface area contributed by atoms with Crippen molar-refractivity contribution in [1.29, 1.82) is 5.26 Å². The van der Waals surface area contributed by atoms with Crippen LogP contribution in [0.4, 0.5) is 10.5 Å². The van der Waals surface area contributed by atoms with E-state index in [4.69, 9.17) is 5.26 Å². The predicted octanol–water partition coefficient (Wildman–Crippen LogP) is 2.27. The lowest BCUT2D eigenvalue weighted by molar-refractivity contribution is 0.251. The Morgan fingerprint density at radius 3 is 2.63 bits per heavy atom. The van der Waals surface area contributed by atoms with E-state index in [1.54, 1.807) is 30.5 Å². The number of nitrogens with one attached hydrogen (secondary N) is 2. The van der Waals surface area contributed by atoms with Crippen molar-refractivity contribution in [3.8, 4) is 6.07 Å². The van der Waals surface area contributed by atoms with Crippen LogP contribution in [0.1, 0.15) is 11.3 Å². The molecule has 0 aliphatic rings. The third kappa shape index (κ3) is 3.82. The molecule has 2 amide bonds. The van der Waals surface area contributed by atoms with Gasteiger partial charge in [0.25, 0.3) is 0 Å². The highest BCUT2D eigenvalue weighted by Gasteiger charge is 2.02. The molecule has 0 bridgehead atoms. The first-order valence-corrected chi connectivity index (χ1v) is 5.73. The molecule has 1 aromatic heterocycles. The second-order valence-corrected chi connectivity index (χ2v) is 3.82. The number of aromatic nitrogens is 1. The zero-order valence-electron chi connectivity index (χ0n) is 10.1. The topological polar surface area (TPSA) is 77.8 Å². The first-order chi connectivity index (χ1) is 9.28. The monoisotopic (exact) mass is 252 g/mol. The number of carbonyl (C=O) groups excluding carboxylic acids is 1. The van der Waals surface area contributed by atoms with Gasteiger partial charge in [-0.1, -0.05) is 6.07 Å². The van der Waals surface area contributed by atoms with Gasteiger partial charge in [-0.25, -0.2) is 4.79 Å². The minimum Gasteiger partial charge on any atom is -0.332 e. The fraction of sp³-hybridized carbons (Fsp3) is 0.0714. The second-order valence-electron chi connectivity index (χ2n) is 3.82. The number of anilines is 1. The molecule has 2 rings (SSSR count). The van der Waals surface area contributed by atoms with E-state index in [0.29, 0.717) is 17.8 Å². The molecular formula is C14H12N4O. The van der Waals surface area contributed by atoms with Crippen molar-refractivity contribution in [2.75, 3.05) is 5.32 Å². The number of hydrogen-bond acceptors (Lipinski definition) is 3. The van der Waals surface area contributed by atoms with Gasteiger partial charge in [0, 0.05) is 11.9 Å². The third-order valence-electron chi connectivity index (χ3n) is 2.43. The number of carbonyl (C=O) groups is 1. The number of amides is 2. The van der Waals surface area contributed by atoms with E-state index in [2.05, 4.69) is 15.6 Å². The van der Waals surface area contributed by atoms with Crippen LogP contribution in [0.3, 0.4) is 0 Å². The van der Waals surface area contributed by atoms with Gasteiger partial charge >= 0.3 is 6.03 Å². The number of hydrogen-bond donors (Lipinski definition) is 2. The summed E-state index contributed by atoms with van der Waals surface area (Å²) in [5.74, 6) is 0. The summed E-state index contributed by atoms with van der Waals surface area (Å²) in [6.07, 6.45) is 1.68. The van der Waals surface area contributed by atoms with Crippen LogP contribution in [0, 0.1) is 11.3 Å². The van der Waals surface area contributed by atoms with Crippen LogP contribution < -0.4 is 10.6 Å². The van der Waals surface area contributed by atoms with E-state index in [1.807, 2.05) is 24.3 Å². The number of pyridine rings is 1. The van der Waals surface area contributed by atoms with Gasteiger partial charge in [-0.2, -0.15) is 5.26 Å². The molecule has 1 aromatic carbocycles. The fourth-order valence-corrected chi connectivity index (χ4v) is 1.48. The van der Waals surface area contributed by atoms with Crippen molar-refractivity contribution in [2.24, 2.45) is 0 Å². The van der Waals surface area contributed by atoms with Crippen LogP contribution in [0.5, 0.6) is 0 Å². The van der Waals surface area contributed by atoms with Crippen LogP contribution in [-0.4, -0.2) is 11.0 Å². The van der Waals surface area contributed by atoms with Crippen molar-refractivity contribution < 1.29 is 4.79 Å². The van der Waals surface area contributed by atoms with E-state index in [1.165, 1.54) is 0 Å². The van der Waals surface area contributed by atoms with E-state index >= 15 is 0 Å². The summed E-state index contributed by atoms with van der Waals surface area (Å²) < 4.78 is 0. The second kappa shape index (κ2) is 6.17. The maximum Gasteiger partial charge on any atom is 0.319 e. The summed E-state index contributed by atoms with van der Waals surface area (Å²) in [5, 5.41) is 14.0. The quantitative estimate of drug-likeness (QED) is 0.879. The van der Waals surface area contributed by atoms with E-state index in [9.17, 15) is 4.79 Å². The van der Waals surface area contributed by atoms with Crippen LogP contribution in [-0.2, 0) is 6.54 Å². The van der Waals surface area contributed by atoms with Crippen molar-refractivity contribution in [2.45, 2.75) is 6.54 Å². The average molecular weight is 252 g/mol. The molecule has 94 valence electrons. The normalized spacial score (nSPS) is 9.42. The van der Waals surface area contributed by atoms with Gasteiger partial charge in [-0.15, -0.1) is 0 Å². The molecule has 19 heavy (non-hydrogen) atoms. The Morgan fingerprint density at radius 2 is 2.00 bits per heavy atom. The molecule has 2 aromatic rings. The van der Waals surface area contributed by atoms with Crippen LogP contribution in [0.25, 0.3) is 0 Å². The first-order valence-electron chi connectivity index (χ1n) is 5.73. The highest BCUT2D eigenvalue weighted by Crippen LogP contribution is 2.08. The Kier molecular flexibility index (Phi) is 4.09. The number of nitriles is 1. The summed E-state index contributed by atoms with van der Waals surface area (Å²) in [7, 11) is 0. The molecule has 5 nitrogen and oxygen atoms in total. The van der Waals surface area contributed by atoms with Gasteiger partial charge in [0.05, 0.1) is 23.9 Å². The molecule has 0 aliphatic heterocycles.